The molecule has 1 heterocycles. The highest BCUT2D eigenvalue weighted by atomic mass is 15.0. The van der Waals surface area contributed by atoms with Gasteiger partial charge in [-0.05, 0) is 168 Å². The van der Waals surface area contributed by atoms with Crippen molar-refractivity contribution in [3.05, 3.63) is 164 Å². The van der Waals surface area contributed by atoms with Gasteiger partial charge in [0.2, 0.25) is 0 Å². The van der Waals surface area contributed by atoms with E-state index in [9.17, 15) is 0 Å². The third-order valence-corrected chi connectivity index (χ3v) is 12.4. The first kappa shape index (κ1) is 31.1. The zero-order valence-electron chi connectivity index (χ0n) is 30.5. The Kier molecular flexibility index (Phi) is 7.22. The molecule has 0 amide bonds. The number of para-hydroxylation sites is 1. The molecule has 1 aromatic heterocycles. The summed E-state index contributed by atoms with van der Waals surface area (Å²) in [4.78, 5) is 0. The van der Waals surface area contributed by atoms with Gasteiger partial charge in [-0.3, -0.25) is 0 Å². The molecule has 0 aliphatic heterocycles. The van der Waals surface area contributed by atoms with Gasteiger partial charge in [0.05, 0.1) is 11.2 Å². The van der Waals surface area contributed by atoms with Crippen molar-refractivity contribution in [1.82, 2.24) is 4.57 Å². The quantitative estimate of drug-likeness (QED) is 0.183. The van der Waals surface area contributed by atoms with Crippen molar-refractivity contribution in [2.45, 2.75) is 85.5 Å². The summed E-state index contributed by atoms with van der Waals surface area (Å²) in [5.41, 5.74) is 25.5. The van der Waals surface area contributed by atoms with Crippen molar-refractivity contribution in [2.24, 2.45) is 0 Å². The summed E-state index contributed by atoms with van der Waals surface area (Å²) in [6.07, 6.45) is 16.5. The van der Waals surface area contributed by atoms with Crippen LogP contribution in [-0.2, 0) is 11.8 Å². The van der Waals surface area contributed by atoms with Crippen LogP contribution < -0.4 is 0 Å². The maximum atomic E-state index is 2.57. The van der Waals surface area contributed by atoms with Crippen LogP contribution in [0.4, 0.5) is 0 Å². The minimum atomic E-state index is -0.0889. The van der Waals surface area contributed by atoms with E-state index in [1.165, 1.54) is 94.6 Å². The van der Waals surface area contributed by atoms with E-state index < -0.39 is 0 Å². The summed E-state index contributed by atoms with van der Waals surface area (Å²) < 4.78 is 2.57. The van der Waals surface area contributed by atoms with Gasteiger partial charge in [0.1, 0.15) is 0 Å². The fourth-order valence-electron chi connectivity index (χ4n) is 9.62. The van der Waals surface area contributed by atoms with Crippen molar-refractivity contribution >= 4 is 17.0 Å². The van der Waals surface area contributed by atoms with E-state index in [0.717, 1.165) is 38.5 Å². The highest BCUT2D eigenvalue weighted by Crippen LogP contribution is 2.52. The summed E-state index contributed by atoms with van der Waals surface area (Å²) in [6.45, 7) is 14.0. The predicted octanol–water partition coefficient (Wildman–Crippen LogP) is 13.3. The van der Waals surface area contributed by atoms with Gasteiger partial charge < -0.3 is 4.57 Å². The zero-order valence-corrected chi connectivity index (χ0v) is 30.5. The molecular weight excluding hydrogens is 603 g/mol. The molecule has 0 unspecified atom stereocenters. The van der Waals surface area contributed by atoms with Crippen LogP contribution in [0.1, 0.15) is 93.3 Å². The number of hydrogen-bond donors (Lipinski definition) is 0. The second-order valence-electron chi connectivity index (χ2n) is 15.7. The van der Waals surface area contributed by atoms with Gasteiger partial charge in [0.25, 0.3) is 0 Å². The number of nitrogens with zero attached hydrogens (tertiary/aromatic N) is 1. The van der Waals surface area contributed by atoms with Crippen LogP contribution >= 0.6 is 0 Å². The molecule has 0 saturated heterocycles. The Morgan fingerprint density at radius 2 is 1.42 bits per heavy atom. The number of benzene rings is 4. The molecule has 50 heavy (non-hydrogen) atoms. The molecule has 4 aliphatic carbocycles. The maximum absolute atomic E-state index is 2.57. The first-order valence-corrected chi connectivity index (χ1v) is 18.7. The number of aryl methyl sites for hydroxylation is 2. The topological polar surface area (TPSA) is 4.93 Å². The van der Waals surface area contributed by atoms with Crippen LogP contribution in [0.15, 0.2) is 131 Å². The monoisotopic (exact) mass is 649 g/mol. The Bertz CT molecular complexity index is 2420. The Labute approximate surface area is 298 Å². The Morgan fingerprint density at radius 3 is 2.26 bits per heavy atom. The molecule has 9 rings (SSSR count). The van der Waals surface area contributed by atoms with E-state index in [1.54, 1.807) is 11.1 Å². The van der Waals surface area contributed by atoms with Gasteiger partial charge in [-0.25, -0.2) is 0 Å². The number of allylic oxidation sites excluding steroid dienone is 9. The summed E-state index contributed by atoms with van der Waals surface area (Å²) >= 11 is 0. The van der Waals surface area contributed by atoms with Gasteiger partial charge >= 0.3 is 0 Å². The molecule has 0 saturated carbocycles. The van der Waals surface area contributed by atoms with Crippen LogP contribution in [-0.4, -0.2) is 4.57 Å². The molecule has 248 valence electrons. The molecule has 1 heteroatoms. The van der Waals surface area contributed by atoms with E-state index in [-0.39, 0.29) is 5.41 Å². The van der Waals surface area contributed by atoms with Gasteiger partial charge in [0.15, 0.2) is 0 Å². The molecular formula is C49H47N. The lowest BCUT2D eigenvalue weighted by Crippen LogP contribution is -2.15. The third-order valence-electron chi connectivity index (χ3n) is 12.4. The van der Waals surface area contributed by atoms with Gasteiger partial charge in [-0.15, -0.1) is 0 Å². The average Bonchev–Trinajstić information content (AvgIpc) is 3.57. The number of aromatic nitrogens is 1. The molecule has 0 bridgehead atoms. The Hall–Kier alpha value is -4.88. The van der Waals surface area contributed by atoms with E-state index in [4.69, 9.17) is 0 Å². The normalized spacial score (nSPS) is 17.9. The zero-order chi connectivity index (χ0) is 34.3. The molecule has 0 fully saturated rings. The molecule has 0 N–H and O–H groups in total. The Morgan fingerprint density at radius 1 is 0.660 bits per heavy atom. The van der Waals surface area contributed by atoms with Crippen LogP contribution in [0.25, 0.3) is 44.9 Å². The van der Waals surface area contributed by atoms with Gasteiger partial charge in [-0.1, -0.05) is 98.3 Å². The van der Waals surface area contributed by atoms with Crippen LogP contribution in [0, 0.1) is 13.8 Å². The summed E-state index contributed by atoms with van der Waals surface area (Å²) in [5.74, 6) is 0. The number of rotatable bonds is 4. The standard InChI is InChI=1S/C49H47N/c1-30-13-7-9-15-37(30)39-25-26-44-48(33(39)4)42-24-22-36(29-45(42)49(44,5)6)50-46-18-12-11-17-40(46)41-23-21-35(28-47(41)50)34-20-19-32(3)43(27-34)38-16-10-8-14-31(38)2/h7-9,11-15,17-18,22,24-29H,10,16,19-21,23H2,1-6H3. The molecule has 0 spiro atoms. The smallest absolute Gasteiger partial charge is 0.0537 e. The largest absolute Gasteiger partial charge is 0.310 e. The molecule has 4 aliphatic rings. The first-order valence-electron chi connectivity index (χ1n) is 18.7. The maximum Gasteiger partial charge on any atom is 0.0537 e. The second-order valence-corrected chi connectivity index (χ2v) is 15.7. The molecule has 5 aromatic rings. The number of hydrogen-bond acceptors (Lipinski definition) is 0. The SMILES string of the molecule is CC1=C(C2=C(C)CCC(C3=Cc4c(c5ccccc5n4-c4ccc5c(c4)C(C)(C)c4ccc(-c6ccccc6C)c(C)c4-5)CC3)=C2)CCC=C1. The third kappa shape index (κ3) is 4.66. The van der Waals surface area contributed by atoms with Crippen molar-refractivity contribution in [3.8, 4) is 27.9 Å². The van der Waals surface area contributed by atoms with E-state index in [0.29, 0.717) is 0 Å². The molecule has 0 radical (unpaired) electrons. The molecule has 1 nitrogen and oxygen atoms in total. The summed E-state index contributed by atoms with van der Waals surface area (Å²) in [6, 6.07) is 29.9. The first-order chi connectivity index (χ1) is 24.2. The van der Waals surface area contributed by atoms with Crippen molar-refractivity contribution in [2.75, 3.05) is 0 Å². The van der Waals surface area contributed by atoms with Crippen LogP contribution in [0.3, 0.4) is 0 Å². The van der Waals surface area contributed by atoms with E-state index in [1.807, 2.05) is 0 Å². The summed E-state index contributed by atoms with van der Waals surface area (Å²) in [7, 11) is 0. The van der Waals surface area contributed by atoms with E-state index in [2.05, 4.69) is 149 Å². The lowest BCUT2D eigenvalue weighted by atomic mass is 9.80. The fourth-order valence-corrected chi connectivity index (χ4v) is 9.62. The van der Waals surface area contributed by atoms with Crippen LogP contribution in [0.2, 0.25) is 0 Å². The Balaban J connectivity index is 1.18. The predicted molar refractivity (Wildman–Crippen MR) is 213 cm³/mol. The second kappa shape index (κ2) is 11.6. The van der Waals surface area contributed by atoms with Crippen molar-refractivity contribution < 1.29 is 0 Å². The molecule has 0 atom stereocenters. The highest BCUT2D eigenvalue weighted by Gasteiger charge is 2.37. The van der Waals surface area contributed by atoms with Crippen molar-refractivity contribution in [1.29, 1.82) is 0 Å². The fraction of sp³-hybridized carbons (Fsp3) is 0.265. The van der Waals surface area contributed by atoms with Gasteiger partial charge in [-0.2, -0.15) is 0 Å². The average molecular weight is 650 g/mol. The number of fused-ring (bicyclic) bond motifs is 6. The highest BCUT2D eigenvalue weighted by molar-refractivity contribution is 5.93. The minimum absolute atomic E-state index is 0.0889. The summed E-state index contributed by atoms with van der Waals surface area (Å²) in [5, 5.41) is 1.39. The van der Waals surface area contributed by atoms with E-state index >= 15 is 0 Å². The van der Waals surface area contributed by atoms with Crippen LogP contribution in [0.5, 0.6) is 0 Å². The lowest BCUT2D eigenvalue weighted by Gasteiger charge is -2.26. The molecule has 4 aromatic carbocycles. The lowest BCUT2D eigenvalue weighted by molar-refractivity contribution is 0.659. The van der Waals surface area contributed by atoms with Crippen molar-refractivity contribution in [3.63, 3.8) is 0 Å². The minimum Gasteiger partial charge on any atom is -0.310 e. The van der Waals surface area contributed by atoms with Gasteiger partial charge in [0, 0.05) is 16.5 Å².